The van der Waals surface area contributed by atoms with Gasteiger partial charge in [-0.2, -0.15) is 8.78 Å². The van der Waals surface area contributed by atoms with Crippen LogP contribution in [0.2, 0.25) is 5.02 Å². The summed E-state index contributed by atoms with van der Waals surface area (Å²) in [5.41, 5.74) is 0.830. The fourth-order valence-corrected chi connectivity index (χ4v) is 4.25. The number of nitrogens with zero attached hydrogens (tertiary/aromatic N) is 1. The molecule has 4 rings (SSSR count). The maximum atomic E-state index is 14.8. The van der Waals surface area contributed by atoms with E-state index in [-0.39, 0.29) is 48.5 Å². The molecule has 2 aromatic rings. The molecular weight excluding hydrogens is 472 g/mol. The predicted molar refractivity (Wildman–Crippen MR) is 116 cm³/mol. The van der Waals surface area contributed by atoms with Crippen molar-refractivity contribution in [2.24, 2.45) is 0 Å². The van der Waals surface area contributed by atoms with Gasteiger partial charge in [0.15, 0.2) is 0 Å². The van der Waals surface area contributed by atoms with E-state index in [9.17, 15) is 28.0 Å². The van der Waals surface area contributed by atoms with Crippen molar-refractivity contribution in [2.75, 3.05) is 7.11 Å². The molecule has 1 saturated heterocycles. The number of halogens is 3. The Hall–Kier alpha value is -3.53. The van der Waals surface area contributed by atoms with Gasteiger partial charge in [-0.1, -0.05) is 23.7 Å². The van der Waals surface area contributed by atoms with E-state index < -0.39 is 29.3 Å². The normalized spacial score (nSPS) is 17.9. The molecule has 1 atom stereocenters. The second-order valence-electron chi connectivity index (χ2n) is 7.99. The van der Waals surface area contributed by atoms with Gasteiger partial charge in [-0.05, 0) is 41.8 Å². The number of methoxy groups -OCH3 is 1. The van der Waals surface area contributed by atoms with Crippen LogP contribution in [0.5, 0.6) is 5.75 Å². The number of ether oxygens (including phenoxy) is 1. The zero-order valence-corrected chi connectivity index (χ0v) is 18.7. The molecule has 0 aromatic heterocycles. The molecule has 0 aliphatic carbocycles. The second kappa shape index (κ2) is 9.02. The summed E-state index contributed by atoms with van der Waals surface area (Å²) >= 11 is 5.81. The number of hydrogen-bond acceptors (Lipinski definition) is 5. The van der Waals surface area contributed by atoms with Crippen molar-refractivity contribution >= 4 is 35.2 Å². The third-order valence-corrected chi connectivity index (χ3v) is 6.06. The zero-order chi connectivity index (χ0) is 24.6. The van der Waals surface area contributed by atoms with Crippen molar-refractivity contribution < 1.29 is 32.7 Å². The minimum Gasteiger partial charge on any atom is -0.496 e. The average Bonchev–Trinajstić information content (AvgIpc) is 3.12. The SMILES string of the molecule is COc1ccc(Cl)cc1C(F)(F)C(=O)NCc1ccc2c(c1)CN(C1CCC(=O)NC1=O)C2=O. The highest BCUT2D eigenvalue weighted by Crippen LogP contribution is 2.37. The number of piperidine rings is 1. The van der Waals surface area contributed by atoms with E-state index in [1.165, 1.54) is 30.2 Å². The summed E-state index contributed by atoms with van der Waals surface area (Å²) in [6.07, 6.45) is 0.370. The highest BCUT2D eigenvalue weighted by Gasteiger charge is 2.43. The number of benzene rings is 2. The van der Waals surface area contributed by atoms with Crippen LogP contribution in [0.1, 0.15) is 39.9 Å². The van der Waals surface area contributed by atoms with Gasteiger partial charge in [-0.15, -0.1) is 0 Å². The number of fused-ring (bicyclic) bond motifs is 1. The first-order chi connectivity index (χ1) is 16.1. The van der Waals surface area contributed by atoms with Crippen LogP contribution in [0.3, 0.4) is 0 Å². The molecule has 0 radical (unpaired) electrons. The summed E-state index contributed by atoms with van der Waals surface area (Å²) in [4.78, 5) is 50.0. The van der Waals surface area contributed by atoms with Gasteiger partial charge < -0.3 is 15.0 Å². The minimum atomic E-state index is -3.90. The van der Waals surface area contributed by atoms with Crippen molar-refractivity contribution in [3.63, 3.8) is 0 Å². The number of rotatable bonds is 6. The lowest BCUT2D eigenvalue weighted by molar-refractivity contribution is -0.147. The summed E-state index contributed by atoms with van der Waals surface area (Å²) in [7, 11) is 1.21. The van der Waals surface area contributed by atoms with Gasteiger partial charge in [-0.25, -0.2) is 0 Å². The summed E-state index contributed by atoms with van der Waals surface area (Å²) in [6.45, 7) is -0.0741. The Morgan fingerprint density at radius 3 is 2.71 bits per heavy atom. The van der Waals surface area contributed by atoms with Crippen LogP contribution in [-0.2, 0) is 33.4 Å². The van der Waals surface area contributed by atoms with Gasteiger partial charge in [0.2, 0.25) is 11.8 Å². The van der Waals surface area contributed by atoms with E-state index in [0.29, 0.717) is 16.7 Å². The van der Waals surface area contributed by atoms with Gasteiger partial charge in [0.25, 0.3) is 11.8 Å². The lowest BCUT2D eigenvalue weighted by Gasteiger charge is -2.29. The summed E-state index contributed by atoms with van der Waals surface area (Å²) in [5.74, 6) is -6.85. The molecule has 1 unspecified atom stereocenters. The molecule has 178 valence electrons. The molecule has 1 fully saturated rings. The van der Waals surface area contributed by atoms with Crippen molar-refractivity contribution in [2.45, 2.75) is 37.9 Å². The molecule has 8 nitrogen and oxygen atoms in total. The van der Waals surface area contributed by atoms with Gasteiger partial charge in [0, 0.05) is 30.1 Å². The highest BCUT2D eigenvalue weighted by atomic mass is 35.5. The molecule has 2 heterocycles. The minimum absolute atomic E-state index is 0.0344. The maximum absolute atomic E-state index is 14.8. The van der Waals surface area contributed by atoms with Crippen molar-refractivity contribution in [1.29, 1.82) is 0 Å². The van der Waals surface area contributed by atoms with Crippen LogP contribution in [0.15, 0.2) is 36.4 Å². The molecule has 2 aromatic carbocycles. The Balaban J connectivity index is 1.46. The van der Waals surface area contributed by atoms with Gasteiger partial charge >= 0.3 is 5.92 Å². The number of carbonyl (C=O) groups excluding carboxylic acids is 4. The fraction of sp³-hybridized carbons (Fsp3) is 0.304. The molecule has 2 aliphatic heterocycles. The summed E-state index contributed by atoms with van der Waals surface area (Å²) in [5, 5.41) is 4.47. The third-order valence-electron chi connectivity index (χ3n) is 5.83. The highest BCUT2D eigenvalue weighted by molar-refractivity contribution is 6.30. The molecule has 4 amide bonds. The molecule has 11 heteroatoms. The smallest absolute Gasteiger partial charge is 0.353 e. The average molecular weight is 492 g/mol. The topological polar surface area (TPSA) is 105 Å². The number of hydrogen-bond donors (Lipinski definition) is 2. The van der Waals surface area contributed by atoms with Crippen LogP contribution in [0.25, 0.3) is 0 Å². The summed E-state index contributed by atoms with van der Waals surface area (Å²) in [6, 6.07) is 7.55. The van der Waals surface area contributed by atoms with Crippen molar-refractivity contribution in [3.05, 3.63) is 63.7 Å². The molecule has 2 N–H and O–H groups in total. The first kappa shape index (κ1) is 23.6. The quantitative estimate of drug-likeness (QED) is 0.604. The third kappa shape index (κ3) is 4.33. The van der Waals surface area contributed by atoms with Crippen molar-refractivity contribution in [1.82, 2.24) is 15.5 Å². The van der Waals surface area contributed by atoms with E-state index in [1.54, 1.807) is 12.1 Å². The van der Waals surface area contributed by atoms with E-state index in [0.717, 1.165) is 6.07 Å². The number of carbonyl (C=O) groups is 4. The van der Waals surface area contributed by atoms with E-state index in [1.807, 2.05) is 0 Å². The maximum Gasteiger partial charge on any atom is 0.353 e. The van der Waals surface area contributed by atoms with E-state index >= 15 is 0 Å². The lowest BCUT2D eigenvalue weighted by atomic mass is 10.0. The van der Waals surface area contributed by atoms with Gasteiger partial charge in [0.05, 0.1) is 12.7 Å². The Morgan fingerprint density at radius 1 is 1.24 bits per heavy atom. The Bertz CT molecular complexity index is 1200. The molecule has 2 aliphatic rings. The van der Waals surface area contributed by atoms with Gasteiger partial charge in [0.1, 0.15) is 11.8 Å². The van der Waals surface area contributed by atoms with Crippen LogP contribution >= 0.6 is 11.6 Å². The van der Waals surface area contributed by atoms with Crippen LogP contribution in [0.4, 0.5) is 8.78 Å². The molecule has 0 spiro atoms. The molecule has 34 heavy (non-hydrogen) atoms. The molecular formula is C23H20ClF2N3O5. The molecule has 0 saturated carbocycles. The Morgan fingerprint density at radius 2 is 2.00 bits per heavy atom. The van der Waals surface area contributed by atoms with E-state index in [2.05, 4.69) is 10.6 Å². The number of alkyl halides is 2. The van der Waals surface area contributed by atoms with Crippen LogP contribution in [-0.4, -0.2) is 41.7 Å². The largest absolute Gasteiger partial charge is 0.496 e. The summed E-state index contributed by atoms with van der Waals surface area (Å²) < 4.78 is 34.5. The number of amides is 4. The predicted octanol–water partition coefficient (Wildman–Crippen LogP) is 2.52. The van der Waals surface area contributed by atoms with Crippen LogP contribution < -0.4 is 15.4 Å². The van der Waals surface area contributed by atoms with Crippen molar-refractivity contribution in [3.8, 4) is 5.75 Å². The number of imide groups is 1. The second-order valence-corrected chi connectivity index (χ2v) is 8.43. The number of nitrogens with one attached hydrogen (secondary N) is 2. The first-order valence-electron chi connectivity index (χ1n) is 10.4. The zero-order valence-electron chi connectivity index (χ0n) is 18.0. The Labute approximate surface area is 198 Å². The lowest BCUT2D eigenvalue weighted by Crippen LogP contribution is -2.52. The molecule has 0 bridgehead atoms. The first-order valence-corrected chi connectivity index (χ1v) is 10.8. The van der Waals surface area contributed by atoms with Crippen LogP contribution in [0, 0.1) is 0 Å². The fourth-order valence-electron chi connectivity index (χ4n) is 4.08. The standard InChI is InChI=1S/C23H20ClF2N3O5/c1-34-18-6-3-14(24)9-16(18)23(25,26)22(33)27-10-12-2-4-15-13(8-12)11-29(21(15)32)17-5-7-19(30)28-20(17)31/h2-4,6,8-9,17H,5,7,10-11H2,1H3,(H,27,33)(H,28,30,31). The van der Waals surface area contributed by atoms with E-state index in [4.69, 9.17) is 16.3 Å². The van der Waals surface area contributed by atoms with Gasteiger partial charge in [-0.3, -0.25) is 24.5 Å². The monoisotopic (exact) mass is 491 g/mol. The Kier molecular flexibility index (Phi) is 6.26.